The first-order valence-corrected chi connectivity index (χ1v) is 6.72. The van der Waals surface area contributed by atoms with Crippen LogP contribution in [-0.2, 0) is 0 Å². The van der Waals surface area contributed by atoms with Crippen LogP contribution in [0, 0.1) is 12.7 Å². The first kappa shape index (κ1) is 13.9. The summed E-state index contributed by atoms with van der Waals surface area (Å²) in [5.74, 6) is 1.21. The summed E-state index contributed by atoms with van der Waals surface area (Å²) in [4.78, 5) is 0. The largest absolute Gasteiger partial charge is 0.490 e. The van der Waals surface area contributed by atoms with Crippen molar-refractivity contribution in [2.75, 3.05) is 13.2 Å². The van der Waals surface area contributed by atoms with Crippen molar-refractivity contribution in [2.45, 2.75) is 6.92 Å². The third kappa shape index (κ3) is 4.24. The van der Waals surface area contributed by atoms with Crippen LogP contribution in [0.15, 0.2) is 46.9 Å². The molecular weight excluding hydrogens is 311 g/mol. The predicted octanol–water partition coefficient (Wildman–Crippen LogP) is 4.35. The molecule has 0 atom stereocenters. The fourth-order valence-electron chi connectivity index (χ4n) is 1.58. The molecule has 0 radical (unpaired) electrons. The molecule has 19 heavy (non-hydrogen) atoms. The molecule has 0 amide bonds. The van der Waals surface area contributed by atoms with Crippen LogP contribution in [0.4, 0.5) is 4.39 Å². The van der Waals surface area contributed by atoms with Gasteiger partial charge in [-0.3, -0.25) is 0 Å². The molecule has 100 valence electrons. The third-order valence-electron chi connectivity index (χ3n) is 2.55. The van der Waals surface area contributed by atoms with Crippen molar-refractivity contribution in [3.8, 4) is 11.5 Å². The topological polar surface area (TPSA) is 18.5 Å². The van der Waals surface area contributed by atoms with Crippen LogP contribution >= 0.6 is 15.9 Å². The Labute approximate surface area is 120 Å². The van der Waals surface area contributed by atoms with Crippen molar-refractivity contribution in [1.82, 2.24) is 0 Å². The summed E-state index contributed by atoms with van der Waals surface area (Å²) in [7, 11) is 0. The summed E-state index contributed by atoms with van der Waals surface area (Å²) in [6.07, 6.45) is 0. The molecule has 0 saturated heterocycles. The van der Waals surface area contributed by atoms with E-state index >= 15 is 0 Å². The van der Waals surface area contributed by atoms with Gasteiger partial charge in [-0.2, -0.15) is 0 Å². The van der Waals surface area contributed by atoms with Crippen LogP contribution in [0.1, 0.15) is 5.56 Å². The van der Waals surface area contributed by atoms with Crippen LogP contribution in [0.5, 0.6) is 11.5 Å². The zero-order chi connectivity index (χ0) is 13.7. The lowest BCUT2D eigenvalue weighted by molar-refractivity contribution is 0.217. The van der Waals surface area contributed by atoms with Gasteiger partial charge in [-0.15, -0.1) is 0 Å². The van der Waals surface area contributed by atoms with Crippen molar-refractivity contribution in [3.05, 3.63) is 58.3 Å². The van der Waals surface area contributed by atoms with Crippen molar-refractivity contribution in [1.29, 1.82) is 0 Å². The summed E-state index contributed by atoms with van der Waals surface area (Å²) >= 11 is 3.38. The lowest BCUT2D eigenvalue weighted by Gasteiger charge is -2.09. The molecule has 2 rings (SSSR count). The van der Waals surface area contributed by atoms with Gasteiger partial charge >= 0.3 is 0 Å². The Morgan fingerprint density at radius 3 is 2.32 bits per heavy atom. The molecule has 2 aromatic carbocycles. The van der Waals surface area contributed by atoms with Gasteiger partial charge in [0, 0.05) is 4.47 Å². The highest BCUT2D eigenvalue weighted by molar-refractivity contribution is 9.10. The summed E-state index contributed by atoms with van der Waals surface area (Å²) < 4.78 is 25.1. The second-order valence-corrected chi connectivity index (χ2v) is 4.98. The van der Waals surface area contributed by atoms with E-state index in [2.05, 4.69) is 15.9 Å². The van der Waals surface area contributed by atoms with E-state index in [1.165, 1.54) is 6.07 Å². The Balaban J connectivity index is 1.79. The maximum absolute atomic E-state index is 13.1. The van der Waals surface area contributed by atoms with Gasteiger partial charge in [0.05, 0.1) is 0 Å². The van der Waals surface area contributed by atoms with Crippen LogP contribution < -0.4 is 9.47 Å². The molecular formula is C15H14BrFO2. The minimum absolute atomic E-state index is 0.224. The van der Waals surface area contributed by atoms with Crippen LogP contribution in [0.25, 0.3) is 0 Å². The van der Waals surface area contributed by atoms with E-state index in [1.807, 2.05) is 24.3 Å². The lowest BCUT2D eigenvalue weighted by Crippen LogP contribution is -2.09. The smallest absolute Gasteiger partial charge is 0.126 e. The maximum Gasteiger partial charge on any atom is 0.126 e. The Morgan fingerprint density at radius 2 is 1.68 bits per heavy atom. The van der Waals surface area contributed by atoms with Gasteiger partial charge in [0.15, 0.2) is 0 Å². The number of aryl methyl sites for hydroxylation is 1. The van der Waals surface area contributed by atoms with Gasteiger partial charge in [0.2, 0.25) is 0 Å². The fraction of sp³-hybridized carbons (Fsp3) is 0.200. The minimum Gasteiger partial charge on any atom is -0.490 e. The molecule has 0 aromatic heterocycles. The molecule has 4 heteroatoms. The average molecular weight is 325 g/mol. The summed E-state index contributed by atoms with van der Waals surface area (Å²) in [6, 6.07) is 12.3. The number of rotatable bonds is 5. The molecule has 2 nitrogen and oxygen atoms in total. The van der Waals surface area contributed by atoms with Gasteiger partial charge in [0.25, 0.3) is 0 Å². The number of halogens is 2. The average Bonchev–Trinajstić information content (AvgIpc) is 2.39. The Kier molecular flexibility index (Phi) is 4.80. The number of benzene rings is 2. The lowest BCUT2D eigenvalue weighted by atomic mass is 10.2. The predicted molar refractivity (Wildman–Crippen MR) is 76.3 cm³/mol. The third-order valence-corrected chi connectivity index (χ3v) is 3.04. The monoisotopic (exact) mass is 324 g/mol. The molecule has 0 bridgehead atoms. The molecule has 0 heterocycles. The second kappa shape index (κ2) is 6.57. The number of hydrogen-bond donors (Lipinski definition) is 0. The SMILES string of the molecule is Cc1cc(OCCOc2cccc(Br)c2)ccc1F. The number of ether oxygens (including phenoxy) is 2. The van der Waals surface area contributed by atoms with Crippen LogP contribution in [0.3, 0.4) is 0 Å². The zero-order valence-electron chi connectivity index (χ0n) is 10.5. The minimum atomic E-state index is -0.224. The first-order chi connectivity index (χ1) is 9.15. The molecule has 0 aliphatic carbocycles. The molecule has 0 aliphatic rings. The zero-order valence-corrected chi connectivity index (χ0v) is 12.1. The molecule has 0 aliphatic heterocycles. The van der Waals surface area contributed by atoms with Crippen molar-refractivity contribution in [3.63, 3.8) is 0 Å². The van der Waals surface area contributed by atoms with E-state index in [0.717, 1.165) is 10.2 Å². The van der Waals surface area contributed by atoms with Crippen molar-refractivity contribution < 1.29 is 13.9 Å². The summed E-state index contributed by atoms with van der Waals surface area (Å²) in [5.41, 5.74) is 0.574. The maximum atomic E-state index is 13.1. The van der Waals surface area contributed by atoms with Gasteiger partial charge in [-0.1, -0.05) is 22.0 Å². The van der Waals surface area contributed by atoms with Gasteiger partial charge in [0.1, 0.15) is 30.5 Å². The normalized spacial score (nSPS) is 10.3. The van der Waals surface area contributed by atoms with Gasteiger partial charge in [-0.05, 0) is 48.9 Å². The van der Waals surface area contributed by atoms with E-state index in [4.69, 9.17) is 9.47 Å². The highest BCUT2D eigenvalue weighted by Crippen LogP contribution is 2.18. The van der Waals surface area contributed by atoms with E-state index < -0.39 is 0 Å². The van der Waals surface area contributed by atoms with Crippen LogP contribution in [-0.4, -0.2) is 13.2 Å². The van der Waals surface area contributed by atoms with E-state index in [9.17, 15) is 4.39 Å². The molecule has 2 aromatic rings. The molecule has 0 unspecified atom stereocenters. The quantitative estimate of drug-likeness (QED) is 0.761. The van der Waals surface area contributed by atoms with E-state index in [0.29, 0.717) is 24.5 Å². The van der Waals surface area contributed by atoms with Crippen molar-refractivity contribution >= 4 is 15.9 Å². The van der Waals surface area contributed by atoms with Gasteiger partial charge in [-0.25, -0.2) is 4.39 Å². The number of hydrogen-bond acceptors (Lipinski definition) is 2. The Hall–Kier alpha value is -1.55. The Morgan fingerprint density at radius 1 is 1.00 bits per heavy atom. The first-order valence-electron chi connectivity index (χ1n) is 5.92. The highest BCUT2D eigenvalue weighted by atomic mass is 79.9. The highest BCUT2D eigenvalue weighted by Gasteiger charge is 2.00. The van der Waals surface area contributed by atoms with E-state index in [1.54, 1.807) is 19.1 Å². The Bertz CT molecular complexity index is 558. The molecule has 0 fully saturated rings. The van der Waals surface area contributed by atoms with Crippen LogP contribution in [0.2, 0.25) is 0 Å². The second-order valence-electron chi connectivity index (χ2n) is 4.07. The standard InChI is InChI=1S/C15H14BrFO2/c1-11-9-14(5-6-15(11)17)19-8-7-18-13-4-2-3-12(16)10-13/h2-6,9-10H,7-8H2,1H3. The van der Waals surface area contributed by atoms with Gasteiger partial charge < -0.3 is 9.47 Å². The fourth-order valence-corrected chi connectivity index (χ4v) is 1.96. The molecule has 0 saturated carbocycles. The summed E-state index contributed by atoms with van der Waals surface area (Å²) in [6.45, 7) is 2.56. The molecule has 0 N–H and O–H groups in total. The van der Waals surface area contributed by atoms with E-state index in [-0.39, 0.29) is 5.82 Å². The summed E-state index contributed by atoms with van der Waals surface area (Å²) in [5, 5.41) is 0. The van der Waals surface area contributed by atoms with Crippen molar-refractivity contribution in [2.24, 2.45) is 0 Å². The molecule has 0 spiro atoms.